The molecule has 142 valence electrons. The maximum absolute atomic E-state index is 13.8. The summed E-state index contributed by atoms with van der Waals surface area (Å²) < 4.78 is 48.1. The van der Waals surface area contributed by atoms with Crippen LogP contribution in [0.2, 0.25) is 0 Å². The summed E-state index contributed by atoms with van der Waals surface area (Å²) in [4.78, 5) is 9.52. The molecule has 1 aliphatic heterocycles. The van der Waals surface area contributed by atoms with Crippen molar-refractivity contribution >= 4 is 26.4 Å². The summed E-state index contributed by atoms with van der Waals surface area (Å²) in [7, 11) is -2.96. The Bertz CT molecular complexity index is 1070. The van der Waals surface area contributed by atoms with Gasteiger partial charge < -0.3 is 9.88 Å². The Hall–Kier alpha value is -2.48. The van der Waals surface area contributed by atoms with E-state index in [0.29, 0.717) is 22.0 Å². The second-order valence-corrected chi connectivity index (χ2v) is 9.20. The van der Waals surface area contributed by atoms with Gasteiger partial charge in [-0.2, -0.15) is 0 Å². The highest BCUT2D eigenvalue weighted by Crippen LogP contribution is 2.37. The quantitative estimate of drug-likeness (QED) is 0.689. The number of hydrogen-bond donors (Lipinski definition) is 2. The molecule has 0 radical (unpaired) electrons. The molecule has 27 heavy (non-hydrogen) atoms. The normalized spacial score (nSPS) is 18.7. The first-order valence-electron chi connectivity index (χ1n) is 8.76. The first kappa shape index (κ1) is 17.9. The summed E-state index contributed by atoms with van der Waals surface area (Å²) in [6.45, 7) is 1.50. The highest BCUT2D eigenvalue weighted by molar-refractivity contribution is 7.92. The maximum Gasteiger partial charge on any atom is 0.266 e. The number of benzene rings is 1. The fourth-order valence-electron chi connectivity index (χ4n) is 3.37. The van der Waals surface area contributed by atoms with E-state index >= 15 is 0 Å². The summed E-state index contributed by atoms with van der Waals surface area (Å²) in [5.74, 6) is -2.15. The molecule has 1 aliphatic rings. The molecule has 0 amide bonds. The summed E-state index contributed by atoms with van der Waals surface area (Å²) >= 11 is 0. The second kappa shape index (κ2) is 6.30. The average Bonchev–Trinajstić information content (AvgIpc) is 3.24. The van der Waals surface area contributed by atoms with E-state index in [1.807, 2.05) is 30.3 Å². The van der Waals surface area contributed by atoms with Crippen molar-refractivity contribution in [2.24, 2.45) is 0 Å². The number of anilines is 1. The molecular formula is C19H20F2N4OS. The number of pyridine rings is 1. The van der Waals surface area contributed by atoms with Crippen molar-refractivity contribution in [3.8, 4) is 11.3 Å². The molecule has 5 nitrogen and oxygen atoms in total. The molecular weight excluding hydrogens is 370 g/mol. The highest BCUT2D eigenvalue weighted by Gasteiger charge is 2.39. The van der Waals surface area contributed by atoms with Gasteiger partial charge in [0.25, 0.3) is 5.92 Å². The number of alkyl halides is 2. The van der Waals surface area contributed by atoms with E-state index in [1.165, 1.54) is 6.20 Å². The van der Waals surface area contributed by atoms with E-state index in [2.05, 4.69) is 9.97 Å². The lowest BCUT2D eigenvalue weighted by Gasteiger charge is -2.21. The molecule has 1 atom stereocenters. The van der Waals surface area contributed by atoms with Crippen molar-refractivity contribution in [3.05, 3.63) is 42.6 Å². The minimum atomic E-state index is -2.96. The second-order valence-electron chi connectivity index (χ2n) is 6.80. The molecule has 3 heterocycles. The monoisotopic (exact) mass is 390 g/mol. The van der Waals surface area contributed by atoms with Gasteiger partial charge in [-0.3, -0.25) is 0 Å². The zero-order chi connectivity index (χ0) is 19.2. The Morgan fingerprint density at radius 2 is 2.11 bits per heavy atom. The molecule has 0 aliphatic carbocycles. The number of fused-ring (bicyclic) bond motifs is 1. The lowest BCUT2D eigenvalue weighted by Crippen LogP contribution is -2.26. The van der Waals surface area contributed by atoms with Crippen molar-refractivity contribution in [1.82, 2.24) is 9.97 Å². The SMILES string of the molecule is CC[S@](=N)(=O)c1cnc(N2CCC(F)(F)C2)c(-c2cc3ccccc3[nH]2)c1. The summed E-state index contributed by atoms with van der Waals surface area (Å²) in [5, 5.41) is 0.984. The number of nitrogens with zero attached hydrogens (tertiary/aromatic N) is 2. The third kappa shape index (κ3) is 3.29. The number of hydrogen-bond acceptors (Lipinski definition) is 4. The Morgan fingerprint density at radius 1 is 1.33 bits per heavy atom. The zero-order valence-corrected chi connectivity index (χ0v) is 15.7. The smallest absolute Gasteiger partial charge is 0.266 e. The topological polar surface area (TPSA) is 72.8 Å². The third-order valence-corrected chi connectivity index (χ3v) is 6.72. The van der Waals surface area contributed by atoms with Crippen LogP contribution in [0.1, 0.15) is 13.3 Å². The molecule has 1 fully saturated rings. The van der Waals surface area contributed by atoms with E-state index in [9.17, 15) is 13.0 Å². The van der Waals surface area contributed by atoms with Crippen LogP contribution in [0.4, 0.5) is 14.6 Å². The predicted octanol–water partition coefficient (Wildman–Crippen LogP) is 4.50. The van der Waals surface area contributed by atoms with Crippen LogP contribution in [0.25, 0.3) is 22.2 Å². The number of rotatable bonds is 4. The van der Waals surface area contributed by atoms with Gasteiger partial charge in [-0.15, -0.1) is 0 Å². The number of aromatic amines is 1. The first-order valence-corrected chi connectivity index (χ1v) is 10.5. The van der Waals surface area contributed by atoms with Crippen LogP contribution in [-0.4, -0.2) is 38.9 Å². The van der Waals surface area contributed by atoms with Gasteiger partial charge in [0.1, 0.15) is 5.82 Å². The molecule has 1 saturated heterocycles. The van der Waals surface area contributed by atoms with E-state index in [1.54, 1.807) is 17.9 Å². The van der Waals surface area contributed by atoms with Gasteiger partial charge >= 0.3 is 0 Å². The van der Waals surface area contributed by atoms with Gasteiger partial charge in [0.15, 0.2) is 0 Å². The van der Waals surface area contributed by atoms with Crippen molar-refractivity contribution in [2.45, 2.75) is 24.2 Å². The predicted molar refractivity (Wildman–Crippen MR) is 103 cm³/mol. The van der Waals surface area contributed by atoms with Gasteiger partial charge in [-0.1, -0.05) is 25.1 Å². The molecule has 0 bridgehead atoms. The van der Waals surface area contributed by atoms with Crippen LogP contribution in [0, 0.1) is 4.78 Å². The number of nitrogens with one attached hydrogen (secondary N) is 2. The molecule has 4 rings (SSSR count). The largest absolute Gasteiger partial charge is 0.354 e. The van der Waals surface area contributed by atoms with Gasteiger partial charge in [-0.05, 0) is 18.2 Å². The van der Waals surface area contributed by atoms with E-state index in [4.69, 9.17) is 4.78 Å². The van der Waals surface area contributed by atoms with Crippen LogP contribution in [0.15, 0.2) is 47.5 Å². The molecule has 0 unspecified atom stereocenters. The molecule has 3 aromatic rings. The van der Waals surface area contributed by atoms with Crippen molar-refractivity contribution in [2.75, 3.05) is 23.7 Å². The lowest BCUT2D eigenvalue weighted by molar-refractivity contribution is 0.0257. The van der Waals surface area contributed by atoms with Gasteiger partial charge in [-0.25, -0.2) is 22.8 Å². The Morgan fingerprint density at radius 3 is 2.78 bits per heavy atom. The van der Waals surface area contributed by atoms with Gasteiger partial charge in [0.2, 0.25) is 0 Å². The third-order valence-electron chi connectivity index (χ3n) is 4.92. The highest BCUT2D eigenvalue weighted by atomic mass is 32.2. The van der Waals surface area contributed by atoms with Crippen LogP contribution in [0.5, 0.6) is 0 Å². The summed E-state index contributed by atoms with van der Waals surface area (Å²) in [6.07, 6.45) is 1.17. The summed E-state index contributed by atoms with van der Waals surface area (Å²) in [5.41, 5.74) is 2.22. The number of halogens is 2. The molecule has 0 saturated carbocycles. The van der Waals surface area contributed by atoms with Gasteiger partial charge in [0, 0.05) is 41.4 Å². The number of para-hydroxylation sites is 1. The molecule has 0 spiro atoms. The van der Waals surface area contributed by atoms with Crippen molar-refractivity contribution < 1.29 is 13.0 Å². The standard InChI is InChI=1S/C19H20F2N4OS/c1-2-27(22,26)14-10-15(17-9-13-5-3-4-6-16(13)24-17)18(23-11-14)25-8-7-19(20,21)12-25/h3-6,9-11,22,24H,2,7-8,12H2,1H3/t27-/m0/s1. The first-order chi connectivity index (χ1) is 12.8. The number of H-pyrrole nitrogens is 1. The number of aromatic nitrogens is 2. The molecule has 8 heteroatoms. The lowest BCUT2D eigenvalue weighted by atomic mass is 10.1. The fourth-order valence-corrected chi connectivity index (χ4v) is 4.24. The molecule has 2 aromatic heterocycles. The molecule has 1 aromatic carbocycles. The minimum Gasteiger partial charge on any atom is -0.354 e. The Kier molecular flexibility index (Phi) is 4.18. The van der Waals surface area contributed by atoms with Gasteiger partial charge in [0.05, 0.1) is 26.9 Å². The minimum absolute atomic E-state index is 0.169. The zero-order valence-electron chi connectivity index (χ0n) is 14.8. The average molecular weight is 390 g/mol. The van der Waals surface area contributed by atoms with Crippen LogP contribution in [0.3, 0.4) is 0 Å². The van der Waals surface area contributed by atoms with E-state index in [0.717, 1.165) is 10.9 Å². The van der Waals surface area contributed by atoms with Crippen molar-refractivity contribution in [3.63, 3.8) is 0 Å². The fraction of sp³-hybridized carbons (Fsp3) is 0.316. The van der Waals surface area contributed by atoms with Crippen molar-refractivity contribution in [1.29, 1.82) is 4.78 Å². The van der Waals surface area contributed by atoms with Crippen LogP contribution in [-0.2, 0) is 9.73 Å². The van der Waals surface area contributed by atoms with E-state index < -0.39 is 22.2 Å². The molecule has 2 N–H and O–H groups in total. The summed E-state index contributed by atoms with van der Waals surface area (Å²) in [6, 6.07) is 11.3. The maximum atomic E-state index is 13.8. The Balaban J connectivity index is 1.89. The van der Waals surface area contributed by atoms with Crippen LogP contribution < -0.4 is 4.90 Å². The van der Waals surface area contributed by atoms with E-state index in [-0.39, 0.29) is 18.7 Å². The van der Waals surface area contributed by atoms with Crippen LogP contribution >= 0.6 is 0 Å². The Labute approximate surface area is 156 Å².